The van der Waals surface area contributed by atoms with E-state index in [1.165, 1.54) is 12.4 Å². The van der Waals surface area contributed by atoms with Gasteiger partial charge in [-0.2, -0.15) is 13.2 Å². The quantitative estimate of drug-likeness (QED) is 0.870. The summed E-state index contributed by atoms with van der Waals surface area (Å²) in [5.41, 5.74) is -0.370. The molecule has 1 aliphatic carbocycles. The van der Waals surface area contributed by atoms with E-state index in [9.17, 15) is 18.3 Å². The van der Waals surface area contributed by atoms with Crippen molar-refractivity contribution in [1.29, 1.82) is 0 Å². The lowest BCUT2D eigenvalue weighted by molar-refractivity contribution is -0.141. The molecule has 1 fully saturated rings. The van der Waals surface area contributed by atoms with E-state index >= 15 is 0 Å². The standard InChI is InChI=1S/C16H26F3N3O/c1-12-6-14(2,3)9-15(7-12,11-23)21-8-13-20-4-5-22(13)10-16(17,18)19/h4-5,12,21,23H,6-11H2,1-3H3. The van der Waals surface area contributed by atoms with Crippen LogP contribution in [0.4, 0.5) is 13.2 Å². The number of alkyl halides is 3. The Bertz CT molecular complexity index is 527. The molecular formula is C16H26F3N3O. The predicted octanol–water partition coefficient (Wildman–Crippen LogP) is 3.11. The molecule has 2 rings (SSSR count). The van der Waals surface area contributed by atoms with Crippen LogP contribution >= 0.6 is 0 Å². The zero-order valence-electron chi connectivity index (χ0n) is 14.0. The number of aliphatic hydroxyl groups is 1. The molecule has 0 saturated heterocycles. The van der Waals surface area contributed by atoms with E-state index in [1.54, 1.807) is 0 Å². The van der Waals surface area contributed by atoms with E-state index in [0.29, 0.717) is 11.7 Å². The summed E-state index contributed by atoms with van der Waals surface area (Å²) in [6.07, 6.45) is 1.13. The summed E-state index contributed by atoms with van der Waals surface area (Å²) >= 11 is 0. The minimum Gasteiger partial charge on any atom is -0.394 e. The first-order chi connectivity index (χ1) is 10.5. The molecule has 1 aromatic rings. The van der Waals surface area contributed by atoms with E-state index in [1.807, 2.05) is 0 Å². The summed E-state index contributed by atoms with van der Waals surface area (Å²) in [5.74, 6) is 0.791. The molecule has 0 bridgehead atoms. The molecule has 0 amide bonds. The summed E-state index contributed by atoms with van der Waals surface area (Å²) in [6.45, 7) is 5.63. The molecule has 0 radical (unpaired) electrons. The Morgan fingerprint density at radius 1 is 1.39 bits per heavy atom. The zero-order chi connectivity index (χ0) is 17.3. The SMILES string of the molecule is CC1CC(C)(C)CC(CO)(NCc2nccn2CC(F)(F)F)C1. The Hall–Kier alpha value is -1.08. The molecule has 4 nitrogen and oxygen atoms in total. The van der Waals surface area contributed by atoms with E-state index in [2.05, 4.69) is 31.1 Å². The summed E-state index contributed by atoms with van der Waals surface area (Å²) in [5, 5.41) is 13.2. The molecular weight excluding hydrogens is 307 g/mol. The first-order valence-electron chi connectivity index (χ1n) is 7.97. The highest BCUT2D eigenvalue weighted by Gasteiger charge is 2.42. The van der Waals surface area contributed by atoms with Gasteiger partial charge in [-0.15, -0.1) is 0 Å². The number of nitrogens with one attached hydrogen (secondary N) is 1. The van der Waals surface area contributed by atoms with Gasteiger partial charge >= 0.3 is 6.18 Å². The maximum atomic E-state index is 12.6. The number of halogens is 3. The minimum atomic E-state index is -4.27. The van der Waals surface area contributed by atoms with Crippen LogP contribution in [0.3, 0.4) is 0 Å². The third-order valence-corrected chi connectivity index (χ3v) is 4.53. The lowest BCUT2D eigenvalue weighted by Gasteiger charge is -2.47. The second-order valence-electron chi connectivity index (χ2n) is 7.73. The highest BCUT2D eigenvalue weighted by molar-refractivity contribution is 5.01. The Morgan fingerprint density at radius 2 is 2.09 bits per heavy atom. The highest BCUT2D eigenvalue weighted by Crippen LogP contribution is 2.43. The average molecular weight is 333 g/mol. The van der Waals surface area contributed by atoms with Crippen molar-refractivity contribution in [2.24, 2.45) is 11.3 Å². The van der Waals surface area contributed by atoms with Gasteiger partial charge in [-0.05, 0) is 30.6 Å². The molecule has 1 saturated carbocycles. The van der Waals surface area contributed by atoms with Gasteiger partial charge in [0.05, 0.1) is 13.2 Å². The van der Waals surface area contributed by atoms with Gasteiger partial charge in [-0.1, -0.05) is 20.8 Å². The third kappa shape index (κ3) is 4.94. The number of nitrogens with zero attached hydrogens (tertiary/aromatic N) is 2. The smallest absolute Gasteiger partial charge is 0.394 e. The zero-order valence-corrected chi connectivity index (χ0v) is 14.0. The van der Waals surface area contributed by atoms with E-state index in [4.69, 9.17) is 0 Å². The van der Waals surface area contributed by atoms with Crippen LogP contribution in [0.25, 0.3) is 0 Å². The Balaban J connectivity index is 2.08. The molecule has 7 heteroatoms. The maximum Gasteiger partial charge on any atom is 0.406 e. The summed E-state index contributed by atoms with van der Waals surface area (Å²) < 4.78 is 38.8. The summed E-state index contributed by atoms with van der Waals surface area (Å²) in [6, 6.07) is 0. The maximum absolute atomic E-state index is 12.6. The van der Waals surface area contributed by atoms with Crippen molar-refractivity contribution >= 4 is 0 Å². The Labute approximate surface area is 135 Å². The fourth-order valence-electron chi connectivity index (χ4n) is 4.16. The Kier molecular flexibility index (Phi) is 5.11. The average Bonchev–Trinajstić information content (AvgIpc) is 2.79. The number of hydrogen-bond acceptors (Lipinski definition) is 3. The van der Waals surface area contributed by atoms with Crippen LogP contribution in [-0.2, 0) is 13.1 Å². The lowest BCUT2D eigenvalue weighted by Crippen LogP contribution is -2.55. The van der Waals surface area contributed by atoms with Crippen LogP contribution in [0.2, 0.25) is 0 Å². The van der Waals surface area contributed by atoms with Crippen LogP contribution in [0, 0.1) is 11.3 Å². The van der Waals surface area contributed by atoms with Crippen LogP contribution in [0.15, 0.2) is 12.4 Å². The molecule has 0 spiro atoms. The molecule has 2 unspecified atom stereocenters. The monoisotopic (exact) mass is 333 g/mol. The molecule has 2 atom stereocenters. The molecule has 23 heavy (non-hydrogen) atoms. The van der Waals surface area contributed by atoms with E-state index in [-0.39, 0.29) is 18.6 Å². The molecule has 0 aliphatic heterocycles. The second-order valence-corrected chi connectivity index (χ2v) is 7.73. The first-order valence-corrected chi connectivity index (χ1v) is 7.97. The van der Waals surface area contributed by atoms with Crippen LogP contribution in [0.1, 0.15) is 45.9 Å². The van der Waals surface area contributed by atoms with Gasteiger partial charge in [-0.3, -0.25) is 0 Å². The molecule has 132 valence electrons. The minimum absolute atomic E-state index is 0.0270. The topological polar surface area (TPSA) is 50.1 Å². The van der Waals surface area contributed by atoms with Crippen LogP contribution in [0.5, 0.6) is 0 Å². The normalized spacial score (nSPS) is 28.0. The van der Waals surface area contributed by atoms with Crippen molar-refractivity contribution in [3.05, 3.63) is 18.2 Å². The van der Waals surface area contributed by atoms with Gasteiger partial charge in [0.1, 0.15) is 12.4 Å². The van der Waals surface area contributed by atoms with Crippen molar-refractivity contribution < 1.29 is 18.3 Å². The van der Waals surface area contributed by atoms with Crippen molar-refractivity contribution in [2.75, 3.05) is 6.61 Å². The highest BCUT2D eigenvalue weighted by atomic mass is 19.4. The predicted molar refractivity (Wildman–Crippen MR) is 81.7 cm³/mol. The Morgan fingerprint density at radius 3 is 2.65 bits per heavy atom. The number of hydrogen-bond donors (Lipinski definition) is 2. The number of rotatable bonds is 5. The van der Waals surface area contributed by atoms with E-state index < -0.39 is 18.3 Å². The van der Waals surface area contributed by atoms with Crippen molar-refractivity contribution in [3.63, 3.8) is 0 Å². The molecule has 1 aliphatic rings. The van der Waals surface area contributed by atoms with Gasteiger partial charge in [-0.25, -0.2) is 4.98 Å². The molecule has 1 heterocycles. The molecule has 2 N–H and O–H groups in total. The first kappa shape index (κ1) is 18.3. The van der Waals surface area contributed by atoms with Gasteiger partial charge in [0.15, 0.2) is 0 Å². The van der Waals surface area contributed by atoms with Crippen molar-refractivity contribution in [2.45, 2.75) is 64.8 Å². The van der Waals surface area contributed by atoms with Gasteiger partial charge in [0.25, 0.3) is 0 Å². The number of aromatic nitrogens is 2. The molecule has 0 aromatic carbocycles. The van der Waals surface area contributed by atoms with Gasteiger partial charge < -0.3 is 15.0 Å². The summed E-state index contributed by atoms with van der Waals surface area (Å²) in [4.78, 5) is 4.02. The van der Waals surface area contributed by atoms with E-state index in [0.717, 1.165) is 23.8 Å². The summed E-state index contributed by atoms with van der Waals surface area (Å²) in [7, 11) is 0. The fourth-order valence-corrected chi connectivity index (χ4v) is 4.16. The largest absolute Gasteiger partial charge is 0.406 e. The number of imidazole rings is 1. The van der Waals surface area contributed by atoms with Crippen molar-refractivity contribution in [1.82, 2.24) is 14.9 Å². The number of aliphatic hydroxyl groups excluding tert-OH is 1. The third-order valence-electron chi connectivity index (χ3n) is 4.53. The fraction of sp³-hybridized carbons (Fsp3) is 0.812. The second kappa shape index (κ2) is 6.43. The lowest BCUT2D eigenvalue weighted by atomic mass is 9.64. The van der Waals surface area contributed by atoms with Crippen molar-refractivity contribution in [3.8, 4) is 0 Å². The van der Waals surface area contributed by atoms with Gasteiger partial charge in [0, 0.05) is 17.9 Å². The molecule has 1 aromatic heterocycles. The van der Waals surface area contributed by atoms with Crippen LogP contribution < -0.4 is 5.32 Å². The van der Waals surface area contributed by atoms with Crippen LogP contribution in [-0.4, -0.2) is 33.0 Å². The van der Waals surface area contributed by atoms with Gasteiger partial charge in [0.2, 0.25) is 0 Å².